The van der Waals surface area contributed by atoms with Crippen molar-refractivity contribution in [2.75, 3.05) is 0 Å². The van der Waals surface area contributed by atoms with E-state index >= 15 is 0 Å². The first-order valence-electron chi connectivity index (χ1n) is 19.2. The van der Waals surface area contributed by atoms with Crippen LogP contribution in [-0.4, -0.2) is 29.9 Å². The minimum absolute atomic E-state index is 0.597. The highest BCUT2D eigenvalue weighted by Crippen LogP contribution is 2.35. The number of rotatable bonds is 8. The molecule has 0 unspecified atom stereocenters. The highest BCUT2D eigenvalue weighted by atomic mass is 14.9. The second-order valence-corrected chi connectivity index (χ2v) is 14.0. The molecule has 0 saturated carbocycles. The summed E-state index contributed by atoms with van der Waals surface area (Å²) in [6.07, 6.45) is 3.56. The SMILES string of the molecule is c1ccc(-c2cc(-c3ccc(-c4ccc5cccc(-c6ccc(-c7cc(-c8ccccn8)nc(-c8ccccc8)n7)cc6)c5c4)cc3)nc(-c3ccccn3)n2)cc1. The van der Waals surface area contributed by atoms with Crippen molar-refractivity contribution < 1.29 is 0 Å². The maximum absolute atomic E-state index is 5.01. The molecule has 4 aromatic heterocycles. The molecule has 0 N–H and O–H groups in total. The lowest BCUT2D eigenvalue weighted by Crippen LogP contribution is -1.97. The third-order valence-corrected chi connectivity index (χ3v) is 10.3. The van der Waals surface area contributed by atoms with E-state index in [1.54, 1.807) is 12.4 Å². The summed E-state index contributed by atoms with van der Waals surface area (Å²) in [6.45, 7) is 0. The van der Waals surface area contributed by atoms with Crippen LogP contribution in [0.3, 0.4) is 0 Å². The van der Waals surface area contributed by atoms with Crippen molar-refractivity contribution in [3.05, 3.63) is 207 Å². The molecule has 10 aromatic rings. The summed E-state index contributed by atoms with van der Waals surface area (Å²) in [6, 6.07) is 66.5. The molecule has 0 aliphatic heterocycles. The molecule has 0 bridgehead atoms. The minimum Gasteiger partial charge on any atom is -0.255 e. The van der Waals surface area contributed by atoms with Crippen LogP contribution in [0, 0.1) is 0 Å². The summed E-state index contributed by atoms with van der Waals surface area (Å²) < 4.78 is 0. The maximum atomic E-state index is 5.01. The second kappa shape index (κ2) is 15.3. The number of aromatic nitrogens is 6. The van der Waals surface area contributed by atoms with Crippen molar-refractivity contribution in [2.24, 2.45) is 0 Å². The summed E-state index contributed by atoms with van der Waals surface area (Å²) in [5.41, 5.74) is 13.4. The van der Waals surface area contributed by atoms with Crippen LogP contribution >= 0.6 is 0 Å². The molecule has 272 valence electrons. The van der Waals surface area contributed by atoms with Crippen molar-refractivity contribution in [2.45, 2.75) is 0 Å². The Balaban J connectivity index is 0.976. The van der Waals surface area contributed by atoms with Crippen LogP contribution < -0.4 is 0 Å². The molecule has 6 aromatic carbocycles. The van der Waals surface area contributed by atoms with E-state index in [2.05, 4.69) is 113 Å². The van der Waals surface area contributed by atoms with Crippen LogP contribution in [0.5, 0.6) is 0 Å². The fourth-order valence-electron chi connectivity index (χ4n) is 7.28. The summed E-state index contributed by atoms with van der Waals surface area (Å²) in [5.74, 6) is 1.26. The van der Waals surface area contributed by atoms with Crippen LogP contribution in [0.4, 0.5) is 0 Å². The number of fused-ring (bicyclic) bond motifs is 1. The van der Waals surface area contributed by atoms with Gasteiger partial charge in [-0.15, -0.1) is 0 Å². The minimum atomic E-state index is 0.597. The van der Waals surface area contributed by atoms with Gasteiger partial charge in [-0.25, -0.2) is 19.9 Å². The molecule has 4 heterocycles. The van der Waals surface area contributed by atoms with E-state index in [0.717, 1.165) is 73.1 Å². The first kappa shape index (κ1) is 34.5. The monoisotopic (exact) mass is 742 g/mol. The Morgan fingerprint density at radius 1 is 0.259 bits per heavy atom. The fourth-order valence-corrected chi connectivity index (χ4v) is 7.28. The quantitative estimate of drug-likeness (QED) is 0.154. The zero-order valence-electron chi connectivity index (χ0n) is 31.3. The van der Waals surface area contributed by atoms with E-state index in [9.17, 15) is 0 Å². The molecule has 0 radical (unpaired) electrons. The van der Waals surface area contributed by atoms with Crippen molar-refractivity contribution in [1.29, 1.82) is 0 Å². The third-order valence-electron chi connectivity index (χ3n) is 10.3. The van der Waals surface area contributed by atoms with E-state index in [1.807, 2.05) is 91.0 Å². The predicted octanol–water partition coefficient (Wildman–Crippen LogP) is 12.5. The van der Waals surface area contributed by atoms with Gasteiger partial charge in [0.1, 0.15) is 5.69 Å². The molecule has 58 heavy (non-hydrogen) atoms. The molecule has 6 nitrogen and oxygen atoms in total. The molecule has 0 fully saturated rings. The predicted molar refractivity (Wildman–Crippen MR) is 234 cm³/mol. The molecular formula is C52H34N6. The summed E-state index contributed by atoms with van der Waals surface area (Å²) in [7, 11) is 0. The lowest BCUT2D eigenvalue weighted by molar-refractivity contribution is 1.15. The van der Waals surface area contributed by atoms with E-state index in [4.69, 9.17) is 19.9 Å². The molecule has 0 amide bonds. The Labute approximate surface area is 336 Å². The van der Waals surface area contributed by atoms with E-state index < -0.39 is 0 Å². The van der Waals surface area contributed by atoms with E-state index in [1.165, 1.54) is 16.3 Å². The van der Waals surface area contributed by atoms with E-state index in [-0.39, 0.29) is 0 Å². The molecule has 0 saturated heterocycles. The lowest BCUT2D eigenvalue weighted by atomic mass is 9.93. The van der Waals surface area contributed by atoms with Gasteiger partial charge in [0.25, 0.3) is 0 Å². The van der Waals surface area contributed by atoms with Gasteiger partial charge < -0.3 is 0 Å². The largest absolute Gasteiger partial charge is 0.255 e. The van der Waals surface area contributed by atoms with Crippen molar-refractivity contribution in [3.63, 3.8) is 0 Å². The summed E-state index contributed by atoms with van der Waals surface area (Å²) in [5, 5.41) is 2.37. The number of hydrogen-bond donors (Lipinski definition) is 0. The summed E-state index contributed by atoms with van der Waals surface area (Å²) >= 11 is 0. The number of benzene rings is 6. The van der Waals surface area contributed by atoms with Gasteiger partial charge in [0.15, 0.2) is 11.6 Å². The van der Waals surface area contributed by atoms with Crippen LogP contribution in [-0.2, 0) is 0 Å². The third kappa shape index (κ3) is 7.02. The summed E-state index contributed by atoms with van der Waals surface area (Å²) in [4.78, 5) is 28.9. The van der Waals surface area contributed by atoms with Gasteiger partial charge in [0, 0.05) is 34.6 Å². The van der Waals surface area contributed by atoms with Crippen LogP contribution in [0.1, 0.15) is 0 Å². The van der Waals surface area contributed by atoms with Crippen LogP contribution in [0.25, 0.3) is 101 Å². The molecule has 0 atom stereocenters. The molecule has 0 aliphatic carbocycles. The smallest absolute Gasteiger partial charge is 0.179 e. The zero-order valence-corrected chi connectivity index (χ0v) is 31.3. The Hall–Kier alpha value is -7.96. The van der Waals surface area contributed by atoms with Gasteiger partial charge in [-0.2, -0.15) is 0 Å². The highest BCUT2D eigenvalue weighted by Gasteiger charge is 2.14. The Morgan fingerprint density at radius 3 is 1.40 bits per heavy atom. The van der Waals surface area contributed by atoms with Crippen molar-refractivity contribution in [3.8, 4) is 90.3 Å². The number of pyridine rings is 2. The standard InChI is InChI=1S/C52H34N6/c1-3-12-38(13-4-1)47-33-48(57-52(56-47)46-19-8-10-31-54-46)39-25-20-35(21-26-39)42-29-24-36-16-11-17-43(44(36)32-42)37-22-27-40(28-23-37)49-34-50(45-18-7-9-30-53-45)58-51(55-49)41-14-5-2-6-15-41/h1-34H. The van der Waals surface area contributed by atoms with Crippen LogP contribution in [0.2, 0.25) is 0 Å². The van der Waals surface area contributed by atoms with Gasteiger partial charge in [0.05, 0.1) is 28.5 Å². The Morgan fingerprint density at radius 2 is 0.759 bits per heavy atom. The highest BCUT2D eigenvalue weighted by molar-refractivity contribution is 5.99. The van der Waals surface area contributed by atoms with Gasteiger partial charge in [-0.1, -0.05) is 152 Å². The fraction of sp³-hybridized carbons (Fsp3) is 0. The average molecular weight is 743 g/mol. The van der Waals surface area contributed by atoms with Gasteiger partial charge >= 0.3 is 0 Å². The Bertz CT molecular complexity index is 2890. The van der Waals surface area contributed by atoms with Crippen molar-refractivity contribution in [1.82, 2.24) is 29.9 Å². The van der Waals surface area contributed by atoms with Crippen LogP contribution in [0.15, 0.2) is 207 Å². The molecular weight excluding hydrogens is 709 g/mol. The number of hydrogen-bond acceptors (Lipinski definition) is 6. The molecule has 10 rings (SSSR count). The zero-order chi connectivity index (χ0) is 38.7. The first-order chi connectivity index (χ1) is 28.7. The van der Waals surface area contributed by atoms with Gasteiger partial charge in [-0.3, -0.25) is 9.97 Å². The number of nitrogens with zero attached hydrogens (tertiary/aromatic N) is 6. The first-order valence-corrected chi connectivity index (χ1v) is 19.2. The topological polar surface area (TPSA) is 77.3 Å². The van der Waals surface area contributed by atoms with Crippen molar-refractivity contribution >= 4 is 10.8 Å². The molecule has 6 heteroatoms. The average Bonchev–Trinajstić information content (AvgIpc) is 3.32. The van der Waals surface area contributed by atoms with Gasteiger partial charge in [0.2, 0.25) is 0 Å². The normalized spacial score (nSPS) is 11.1. The second-order valence-electron chi connectivity index (χ2n) is 14.0. The molecule has 0 spiro atoms. The lowest BCUT2D eigenvalue weighted by Gasteiger charge is -2.12. The Kier molecular flexibility index (Phi) is 9.10. The van der Waals surface area contributed by atoms with Gasteiger partial charge in [-0.05, 0) is 75.5 Å². The molecule has 0 aliphatic rings. The maximum Gasteiger partial charge on any atom is 0.179 e. The van der Waals surface area contributed by atoms with E-state index in [0.29, 0.717) is 11.6 Å².